The Morgan fingerprint density at radius 1 is 1.26 bits per heavy atom. The maximum atomic E-state index is 11.8. The van der Waals surface area contributed by atoms with Crippen LogP contribution in [0.15, 0.2) is 47.3 Å². The molecular weight excluding hydrogens is 294 g/mol. The van der Waals surface area contributed by atoms with E-state index in [0.717, 1.165) is 16.7 Å². The number of carboxylic acid groups (broad SMARTS) is 1. The summed E-state index contributed by atoms with van der Waals surface area (Å²) in [4.78, 5) is 23.2. The van der Waals surface area contributed by atoms with Gasteiger partial charge in [0.1, 0.15) is 0 Å². The third-order valence-corrected chi connectivity index (χ3v) is 3.68. The minimum atomic E-state index is -0.901. The van der Waals surface area contributed by atoms with Crippen LogP contribution in [0.25, 0.3) is 0 Å². The third kappa shape index (κ3) is 5.62. The largest absolute Gasteiger partial charge is 0.481 e. The second-order valence-electron chi connectivity index (χ2n) is 5.66. The molecule has 1 atom stereocenters. The number of rotatable bonds is 8. The van der Waals surface area contributed by atoms with E-state index in [2.05, 4.69) is 5.32 Å². The molecule has 2 aromatic rings. The van der Waals surface area contributed by atoms with Gasteiger partial charge in [-0.15, -0.1) is 0 Å². The lowest BCUT2D eigenvalue weighted by Crippen LogP contribution is -2.34. The molecule has 0 spiro atoms. The summed E-state index contributed by atoms with van der Waals surface area (Å²) in [7, 11) is 0. The summed E-state index contributed by atoms with van der Waals surface area (Å²) in [6, 6.07) is 9.56. The van der Waals surface area contributed by atoms with E-state index in [0.29, 0.717) is 19.3 Å². The Bertz CT molecular complexity index is 649. The van der Waals surface area contributed by atoms with Crippen molar-refractivity contribution in [3.63, 3.8) is 0 Å². The van der Waals surface area contributed by atoms with Crippen LogP contribution in [0.4, 0.5) is 0 Å². The predicted molar refractivity (Wildman–Crippen MR) is 86.0 cm³/mol. The Kier molecular flexibility index (Phi) is 5.97. The number of aliphatic carboxylic acids is 1. The molecule has 5 heteroatoms. The first-order valence-electron chi connectivity index (χ1n) is 7.60. The topological polar surface area (TPSA) is 79.5 Å². The number of benzene rings is 1. The van der Waals surface area contributed by atoms with Crippen molar-refractivity contribution in [1.82, 2.24) is 5.32 Å². The van der Waals surface area contributed by atoms with Gasteiger partial charge < -0.3 is 14.8 Å². The zero-order valence-electron chi connectivity index (χ0n) is 13.1. The fraction of sp³-hybridized carbons (Fsp3) is 0.333. The van der Waals surface area contributed by atoms with Crippen molar-refractivity contribution in [2.45, 2.75) is 26.2 Å². The van der Waals surface area contributed by atoms with Gasteiger partial charge in [-0.3, -0.25) is 9.59 Å². The monoisotopic (exact) mass is 315 g/mol. The zero-order chi connectivity index (χ0) is 16.7. The Balaban J connectivity index is 1.82. The lowest BCUT2D eigenvalue weighted by atomic mass is 9.98. The van der Waals surface area contributed by atoms with Crippen molar-refractivity contribution in [1.29, 1.82) is 0 Å². The number of carbonyl (C=O) groups excluding carboxylic acids is 1. The van der Waals surface area contributed by atoms with Gasteiger partial charge in [0, 0.05) is 13.0 Å². The van der Waals surface area contributed by atoms with Gasteiger partial charge in [0.05, 0.1) is 18.4 Å². The number of nitrogens with one attached hydrogen (secondary N) is 1. The molecule has 1 heterocycles. The average molecular weight is 315 g/mol. The Morgan fingerprint density at radius 2 is 2.09 bits per heavy atom. The third-order valence-electron chi connectivity index (χ3n) is 3.68. The lowest BCUT2D eigenvalue weighted by molar-refractivity contribution is -0.141. The van der Waals surface area contributed by atoms with Gasteiger partial charge in [-0.05, 0) is 37.0 Å². The highest BCUT2D eigenvalue weighted by Crippen LogP contribution is 2.11. The molecule has 0 radical (unpaired) electrons. The van der Waals surface area contributed by atoms with Crippen molar-refractivity contribution in [3.05, 3.63) is 59.5 Å². The normalized spacial score (nSPS) is 11.9. The summed E-state index contributed by atoms with van der Waals surface area (Å²) in [5.41, 5.74) is 3.01. The lowest BCUT2D eigenvalue weighted by Gasteiger charge is -2.14. The summed E-state index contributed by atoms with van der Waals surface area (Å²) >= 11 is 0. The molecule has 1 unspecified atom stereocenters. The first kappa shape index (κ1) is 16.8. The molecule has 0 saturated carbocycles. The molecule has 0 aliphatic carbocycles. The SMILES string of the molecule is Cc1cccc(CC(CNC(=O)CCc2ccoc2)C(=O)O)c1. The molecule has 0 aliphatic rings. The highest BCUT2D eigenvalue weighted by atomic mass is 16.4. The number of aryl methyl sites for hydroxylation is 2. The van der Waals surface area contributed by atoms with E-state index in [4.69, 9.17) is 4.42 Å². The maximum Gasteiger partial charge on any atom is 0.308 e. The molecule has 23 heavy (non-hydrogen) atoms. The van der Waals surface area contributed by atoms with E-state index in [1.165, 1.54) is 0 Å². The Hall–Kier alpha value is -2.56. The summed E-state index contributed by atoms with van der Waals surface area (Å²) < 4.78 is 4.94. The van der Waals surface area contributed by atoms with Crippen LogP contribution in [0.1, 0.15) is 23.1 Å². The van der Waals surface area contributed by atoms with E-state index < -0.39 is 11.9 Å². The summed E-state index contributed by atoms with van der Waals surface area (Å²) in [5.74, 6) is -1.68. The standard InChI is InChI=1S/C18H21NO4/c1-13-3-2-4-15(9-13)10-16(18(21)22)11-19-17(20)6-5-14-7-8-23-12-14/h2-4,7-9,12,16H,5-6,10-11H2,1H3,(H,19,20)(H,21,22). The van der Waals surface area contributed by atoms with Gasteiger partial charge in [-0.2, -0.15) is 0 Å². The fourth-order valence-corrected chi connectivity index (χ4v) is 2.39. The smallest absolute Gasteiger partial charge is 0.308 e. The molecule has 1 aromatic carbocycles. The van der Waals surface area contributed by atoms with Crippen molar-refractivity contribution < 1.29 is 19.1 Å². The highest BCUT2D eigenvalue weighted by molar-refractivity contribution is 5.77. The van der Waals surface area contributed by atoms with Crippen molar-refractivity contribution in [2.24, 2.45) is 5.92 Å². The Labute approximate surface area is 135 Å². The van der Waals surface area contributed by atoms with Gasteiger partial charge in [0.2, 0.25) is 5.91 Å². The minimum Gasteiger partial charge on any atom is -0.481 e. The van der Waals surface area contributed by atoms with Crippen LogP contribution in [-0.2, 0) is 22.4 Å². The highest BCUT2D eigenvalue weighted by Gasteiger charge is 2.19. The number of furan rings is 1. The first-order chi connectivity index (χ1) is 11.0. The van der Waals surface area contributed by atoms with Gasteiger partial charge in [-0.1, -0.05) is 29.8 Å². The van der Waals surface area contributed by atoms with E-state index in [-0.39, 0.29) is 12.5 Å². The fourth-order valence-electron chi connectivity index (χ4n) is 2.39. The molecule has 122 valence electrons. The van der Waals surface area contributed by atoms with Crippen LogP contribution in [0.2, 0.25) is 0 Å². The second kappa shape index (κ2) is 8.17. The predicted octanol–water partition coefficient (Wildman–Crippen LogP) is 2.58. The molecular formula is C18H21NO4. The van der Waals surface area contributed by atoms with Gasteiger partial charge in [0.25, 0.3) is 0 Å². The number of hydrogen-bond acceptors (Lipinski definition) is 3. The van der Waals surface area contributed by atoms with Crippen LogP contribution >= 0.6 is 0 Å². The van der Waals surface area contributed by atoms with E-state index in [9.17, 15) is 14.7 Å². The van der Waals surface area contributed by atoms with Crippen LogP contribution in [0.5, 0.6) is 0 Å². The van der Waals surface area contributed by atoms with Crippen molar-refractivity contribution in [3.8, 4) is 0 Å². The summed E-state index contributed by atoms with van der Waals surface area (Å²) in [6.45, 7) is 2.10. The van der Waals surface area contributed by atoms with E-state index in [1.807, 2.05) is 37.3 Å². The number of carboxylic acids is 1. The second-order valence-corrected chi connectivity index (χ2v) is 5.66. The van der Waals surface area contributed by atoms with Crippen LogP contribution in [-0.4, -0.2) is 23.5 Å². The zero-order valence-corrected chi connectivity index (χ0v) is 13.1. The molecule has 0 fully saturated rings. The van der Waals surface area contributed by atoms with E-state index >= 15 is 0 Å². The number of carbonyl (C=O) groups is 2. The molecule has 0 saturated heterocycles. The first-order valence-corrected chi connectivity index (χ1v) is 7.60. The minimum absolute atomic E-state index is 0.132. The maximum absolute atomic E-state index is 11.8. The summed E-state index contributed by atoms with van der Waals surface area (Å²) in [5, 5.41) is 12.0. The van der Waals surface area contributed by atoms with Crippen molar-refractivity contribution >= 4 is 11.9 Å². The molecule has 2 N–H and O–H groups in total. The van der Waals surface area contributed by atoms with Gasteiger partial charge in [-0.25, -0.2) is 0 Å². The molecule has 0 bridgehead atoms. The van der Waals surface area contributed by atoms with E-state index in [1.54, 1.807) is 12.5 Å². The molecule has 2 rings (SSSR count). The van der Waals surface area contributed by atoms with Gasteiger partial charge >= 0.3 is 5.97 Å². The molecule has 0 aliphatic heterocycles. The Morgan fingerprint density at radius 3 is 2.74 bits per heavy atom. The van der Waals surface area contributed by atoms with Crippen molar-refractivity contribution in [2.75, 3.05) is 6.54 Å². The molecule has 1 amide bonds. The van der Waals surface area contributed by atoms with Crippen LogP contribution < -0.4 is 5.32 Å². The average Bonchev–Trinajstić information content (AvgIpc) is 3.02. The van der Waals surface area contributed by atoms with Crippen LogP contribution in [0, 0.1) is 12.8 Å². The molecule has 5 nitrogen and oxygen atoms in total. The summed E-state index contributed by atoms with van der Waals surface area (Å²) in [6.07, 6.45) is 4.47. The molecule has 1 aromatic heterocycles. The quantitative estimate of drug-likeness (QED) is 0.784. The van der Waals surface area contributed by atoms with Crippen LogP contribution in [0.3, 0.4) is 0 Å². The van der Waals surface area contributed by atoms with Gasteiger partial charge in [0.15, 0.2) is 0 Å². The number of hydrogen-bond donors (Lipinski definition) is 2. The number of amides is 1.